The van der Waals surface area contributed by atoms with Crippen molar-refractivity contribution in [2.75, 3.05) is 13.1 Å². The quantitative estimate of drug-likeness (QED) is 0.323. The Hall–Kier alpha value is -1.06. The standard InChI is InChI=1S/C6H10N2O2/c9-7-5-3-1-2-4-6-8-10/h1,3H,2,4-6H2/b3-1+. The van der Waals surface area contributed by atoms with E-state index in [2.05, 4.69) is 10.4 Å². The van der Waals surface area contributed by atoms with E-state index in [0.717, 1.165) is 12.8 Å². The SMILES string of the molecule is O=NC/C=C/CCCN=O. The van der Waals surface area contributed by atoms with Crippen molar-refractivity contribution >= 4 is 0 Å². The topological polar surface area (TPSA) is 58.9 Å². The number of rotatable bonds is 6. The summed E-state index contributed by atoms with van der Waals surface area (Å²) in [6.07, 6.45) is 5.05. The van der Waals surface area contributed by atoms with Gasteiger partial charge in [0.05, 0.1) is 13.1 Å². The Bertz CT molecular complexity index is 123. The molecule has 56 valence electrons. The first-order valence-corrected chi connectivity index (χ1v) is 3.15. The van der Waals surface area contributed by atoms with Gasteiger partial charge in [-0.3, -0.25) is 0 Å². The summed E-state index contributed by atoms with van der Waals surface area (Å²) in [4.78, 5) is 19.1. The first-order valence-electron chi connectivity index (χ1n) is 3.15. The van der Waals surface area contributed by atoms with Crippen LogP contribution in [0.15, 0.2) is 22.5 Å². The summed E-state index contributed by atoms with van der Waals surface area (Å²) in [6, 6.07) is 0. The Kier molecular flexibility index (Phi) is 7.10. The van der Waals surface area contributed by atoms with Crippen LogP contribution in [0.4, 0.5) is 0 Å². The van der Waals surface area contributed by atoms with Crippen LogP contribution in [-0.4, -0.2) is 13.1 Å². The van der Waals surface area contributed by atoms with Gasteiger partial charge in [0.2, 0.25) is 0 Å². The van der Waals surface area contributed by atoms with Gasteiger partial charge in [-0.15, -0.1) is 0 Å². The molecule has 0 rings (SSSR count). The highest BCUT2D eigenvalue weighted by Gasteiger charge is 1.80. The normalized spacial score (nSPS) is 10.0. The van der Waals surface area contributed by atoms with Crippen LogP contribution in [0, 0.1) is 9.81 Å². The molecule has 0 saturated carbocycles. The van der Waals surface area contributed by atoms with Crippen molar-refractivity contribution in [1.82, 2.24) is 0 Å². The number of allylic oxidation sites excluding steroid dienone is 1. The molecule has 0 aliphatic rings. The zero-order valence-corrected chi connectivity index (χ0v) is 5.69. The van der Waals surface area contributed by atoms with Gasteiger partial charge in [0.15, 0.2) is 0 Å². The van der Waals surface area contributed by atoms with Crippen molar-refractivity contribution in [2.45, 2.75) is 12.8 Å². The van der Waals surface area contributed by atoms with Crippen LogP contribution >= 0.6 is 0 Å². The highest BCUT2D eigenvalue weighted by molar-refractivity contribution is 4.83. The van der Waals surface area contributed by atoms with Crippen LogP contribution in [0.2, 0.25) is 0 Å². The molecule has 0 spiro atoms. The zero-order chi connectivity index (χ0) is 7.66. The van der Waals surface area contributed by atoms with Gasteiger partial charge >= 0.3 is 0 Å². The molecule has 4 heteroatoms. The molecule has 0 heterocycles. The number of hydrogen-bond donors (Lipinski definition) is 0. The van der Waals surface area contributed by atoms with Gasteiger partial charge in [-0.2, -0.15) is 9.81 Å². The average Bonchev–Trinajstić information content (AvgIpc) is 1.97. The summed E-state index contributed by atoms with van der Waals surface area (Å²) in [7, 11) is 0. The summed E-state index contributed by atoms with van der Waals surface area (Å²) in [6.45, 7) is 0.563. The molecule has 0 bridgehead atoms. The molecule has 0 aliphatic carbocycles. The lowest BCUT2D eigenvalue weighted by atomic mass is 10.3. The Morgan fingerprint density at radius 1 is 1.10 bits per heavy atom. The molecular formula is C6H10N2O2. The van der Waals surface area contributed by atoms with Gasteiger partial charge in [0, 0.05) is 0 Å². The molecule has 0 aromatic rings. The van der Waals surface area contributed by atoms with Gasteiger partial charge in [-0.1, -0.05) is 22.5 Å². The number of hydrogen-bond acceptors (Lipinski definition) is 4. The van der Waals surface area contributed by atoms with E-state index >= 15 is 0 Å². The van der Waals surface area contributed by atoms with Crippen LogP contribution < -0.4 is 0 Å². The van der Waals surface area contributed by atoms with E-state index < -0.39 is 0 Å². The Labute approximate surface area is 59.3 Å². The largest absolute Gasteiger partial charge is 0.151 e. The minimum Gasteiger partial charge on any atom is -0.151 e. The van der Waals surface area contributed by atoms with Crippen molar-refractivity contribution in [3.8, 4) is 0 Å². The van der Waals surface area contributed by atoms with Gasteiger partial charge < -0.3 is 0 Å². The molecule has 0 saturated heterocycles. The molecule has 10 heavy (non-hydrogen) atoms. The average molecular weight is 142 g/mol. The fraction of sp³-hybridized carbons (Fsp3) is 0.667. The lowest BCUT2D eigenvalue weighted by Crippen LogP contribution is -1.76. The lowest BCUT2D eigenvalue weighted by Gasteiger charge is -1.84. The van der Waals surface area contributed by atoms with E-state index in [9.17, 15) is 9.81 Å². The predicted molar refractivity (Wildman–Crippen MR) is 39.7 cm³/mol. The second-order valence-corrected chi connectivity index (χ2v) is 1.78. The lowest BCUT2D eigenvalue weighted by molar-refractivity contribution is 0.849. The monoisotopic (exact) mass is 142 g/mol. The minimum absolute atomic E-state index is 0.217. The molecule has 0 aromatic carbocycles. The first kappa shape index (κ1) is 8.94. The van der Waals surface area contributed by atoms with E-state index in [-0.39, 0.29) is 6.54 Å². The molecule has 0 aliphatic heterocycles. The van der Waals surface area contributed by atoms with Gasteiger partial charge in [-0.05, 0) is 12.8 Å². The minimum atomic E-state index is 0.217. The molecular weight excluding hydrogens is 132 g/mol. The van der Waals surface area contributed by atoms with Gasteiger partial charge in [0.1, 0.15) is 0 Å². The van der Waals surface area contributed by atoms with Crippen molar-refractivity contribution in [1.29, 1.82) is 0 Å². The van der Waals surface area contributed by atoms with Crippen LogP contribution in [0.25, 0.3) is 0 Å². The maximum absolute atomic E-state index is 9.55. The van der Waals surface area contributed by atoms with Gasteiger partial charge in [0.25, 0.3) is 0 Å². The first-order chi connectivity index (χ1) is 4.91. The number of unbranched alkanes of at least 4 members (excludes halogenated alkanes) is 1. The summed E-state index contributed by atoms with van der Waals surface area (Å²) >= 11 is 0. The van der Waals surface area contributed by atoms with Crippen molar-refractivity contribution in [3.63, 3.8) is 0 Å². The third-order valence-electron chi connectivity index (χ3n) is 0.967. The molecule has 0 amide bonds. The van der Waals surface area contributed by atoms with Gasteiger partial charge in [-0.25, -0.2) is 0 Å². The fourth-order valence-electron chi connectivity index (χ4n) is 0.509. The van der Waals surface area contributed by atoms with E-state index in [1.54, 1.807) is 6.08 Å². The highest BCUT2D eigenvalue weighted by Crippen LogP contribution is 1.90. The van der Waals surface area contributed by atoms with Crippen LogP contribution in [0.3, 0.4) is 0 Å². The second kappa shape index (κ2) is 7.94. The molecule has 0 N–H and O–H groups in total. The number of nitroso groups, excluding NO2 is 2. The molecule has 0 fully saturated rings. The Balaban J connectivity index is 3.01. The van der Waals surface area contributed by atoms with Crippen molar-refractivity contribution in [2.24, 2.45) is 10.4 Å². The summed E-state index contributed by atoms with van der Waals surface area (Å²) < 4.78 is 0. The molecule has 0 unspecified atom stereocenters. The summed E-state index contributed by atoms with van der Waals surface area (Å²) in [5, 5.41) is 5.32. The zero-order valence-electron chi connectivity index (χ0n) is 5.69. The molecule has 4 nitrogen and oxygen atoms in total. The van der Waals surface area contributed by atoms with E-state index in [1.165, 1.54) is 0 Å². The third kappa shape index (κ3) is 6.94. The smallest absolute Gasteiger partial charge is 0.0992 e. The predicted octanol–water partition coefficient (Wildman–Crippen LogP) is 1.86. The fourth-order valence-corrected chi connectivity index (χ4v) is 0.509. The summed E-state index contributed by atoms with van der Waals surface area (Å²) in [5.41, 5.74) is 0. The van der Waals surface area contributed by atoms with E-state index in [0.29, 0.717) is 6.54 Å². The van der Waals surface area contributed by atoms with Crippen LogP contribution in [0.5, 0.6) is 0 Å². The second-order valence-electron chi connectivity index (χ2n) is 1.78. The van der Waals surface area contributed by atoms with E-state index in [1.807, 2.05) is 6.08 Å². The third-order valence-corrected chi connectivity index (χ3v) is 0.967. The maximum atomic E-state index is 9.55. The van der Waals surface area contributed by atoms with E-state index in [4.69, 9.17) is 0 Å². The summed E-state index contributed by atoms with van der Waals surface area (Å²) in [5.74, 6) is 0. The molecule has 0 atom stereocenters. The Morgan fingerprint density at radius 3 is 2.50 bits per heavy atom. The number of nitrogens with zero attached hydrogens (tertiary/aromatic N) is 2. The van der Waals surface area contributed by atoms with Crippen LogP contribution in [-0.2, 0) is 0 Å². The van der Waals surface area contributed by atoms with Crippen molar-refractivity contribution in [3.05, 3.63) is 22.0 Å². The molecule has 0 aromatic heterocycles. The molecule has 0 radical (unpaired) electrons. The maximum Gasteiger partial charge on any atom is 0.0992 e. The van der Waals surface area contributed by atoms with Crippen molar-refractivity contribution < 1.29 is 0 Å². The van der Waals surface area contributed by atoms with Crippen LogP contribution in [0.1, 0.15) is 12.8 Å². The Morgan fingerprint density at radius 2 is 1.90 bits per heavy atom. The highest BCUT2D eigenvalue weighted by atomic mass is 16.3.